The molecule has 1 heterocycles. The number of aromatic nitrogens is 2. The minimum absolute atomic E-state index is 0.0316. The van der Waals surface area contributed by atoms with Gasteiger partial charge in [-0.2, -0.15) is 0 Å². The second-order valence-electron chi connectivity index (χ2n) is 6.80. The number of fused-ring (bicyclic) bond motifs is 1. The van der Waals surface area contributed by atoms with Crippen molar-refractivity contribution in [3.05, 3.63) is 94.8 Å². The van der Waals surface area contributed by atoms with E-state index >= 15 is 0 Å². The van der Waals surface area contributed by atoms with Crippen LogP contribution in [-0.2, 0) is 24.5 Å². The molecule has 0 saturated carbocycles. The molecule has 7 heteroatoms. The van der Waals surface area contributed by atoms with Gasteiger partial charge in [0.25, 0.3) is 0 Å². The summed E-state index contributed by atoms with van der Waals surface area (Å²) in [7, 11) is 0. The van der Waals surface area contributed by atoms with Crippen LogP contribution in [0.25, 0.3) is 11.0 Å². The van der Waals surface area contributed by atoms with Gasteiger partial charge in [-0.3, -0.25) is 0 Å². The summed E-state index contributed by atoms with van der Waals surface area (Å²) in [6, 6.07) is 16.3. The van der Waals surface area contributed by atoms with Gasteiger partial charge in [-0.05, 0) is 60.5 Å². The number of halogens is 3. The first-order valence-corrected chi connectivity index (χ1v) is 9.80. The number of nitrogens with zero attached hydrogens (tertiary/aromatic N) is 2. The summed E-state index contributed by atoms with van der Waals surface area (Å²) in [5.41, 5.74) is 3.07. The molecular formula is C23H19ClF2N2O2. The molecule has 0 unspecified atom stereocenters. The molecular weight excluding hydrogens is 410 g/mol. The molecule has 1 aromatic heterocycles. The maximum absolute atomic E-state index is 13.6. The van der Waals surface area contributed by atoms with Crippen LogP contribution in [0.5, 0.6) is 5.75 Å². The van der Waals surface area contributed by atoms with E-state index in [-0.39, 0.29) is 12.2 Å². The molecule has 0 amide bonds. The Morgan fingerprint density at radius 1 is 0.967 bits per heavy atom. The van der Waals surface area contributed by atoms with Crippen molar-refractivity contribution in [2.45, 2.75) is 19.8 Å². The van der Waals surface area contributed by atoms with Gasteiger partial charge in [-0.15, -0.1) is 0 Å². The highest BCUT2D eigenvalue weighted by Gasteiger charge is 2.06. The molecule has 0 N–H and O–H groups in total. The first-order chi connectivity index (χ1) is 14.6. The molecule has 0 aliphatic carbocycles. The Bertz CT molecular complexity index is 1150. The third kappa shape index (κ3) is 4.96. The van der Waals surface area contributed by atoms with Crippen LogP contribution in [0.2, 0.25) is 5.02 Å². The predicted molar refractivity (Wildman–Crippen MR) is 112 cm³/mol. The molecule has 0 radical (unpaired) electrons. The van der Waals surface area contributed by atoms with E-state index in [9.17, 15) is 8.78 Å². The monoisotopic (exact) mass is 428 g/mol. The molecule has 30 heavy (non-hydrogen) atoms. The summed E-state index contributed by atoms with van der Waals surface area (Å²) in [6.07, 6.45) is 2.46. The summed E-state index contributed by atoms with van der Waals surface area (Å²) in [5, 5.41) is 0.655. The molecule has 0 spiro atoms. The van der Waals surface area contributed by atoms with Gasteiger partial charge in [0.2, 0.25) is 0 Å². The van der Waals surface area contributed by atoms with Crippen LogP contribution < -0.4 is 4.74 Å². The van der Waals surface area contributed by atoms with E-state index in [2.05, 4.69) is 4.98 Å². The number of hydrogen-bond acceptors (Lipinski definition) is 3. The quantitative estimate of drug-likeness (QED) is 0.334. The second-order valence-corrected chi connectivity index (χ2v) is 7.24. The maximum atomic E-state index is 13.6. The summed E-state index contributed by atoms with van der Waals surface area (Å²) >= 11 is 5.98. The highest BCUT2D eigenvalue weighted by molar-refractivity contribution is 6.31. The van der Waals surface area contributed by atoms with Crippen LogP contribution in [-0.4, -0.2) is 16.2 Å². The fourth-order valence-electron chi connectivity index (χ4n) is 3.06. The lowest BCUT2D eigenvalue weighted by molar-refractivity contribution is 0.0819. The zero-order valence-electron chi connectivity index (χ0n) is 16.0. The molecule has 4 rings (SSSR count). The van der Waals surface area contributed by atoms with E-state index < -0.39 is 11.6 Å². The number of rotatable bonds is 8. The van der Waals surface area contributed by atoms with E-state index in [0.717, 1.165) is 41.2 Å². The summed E-state index contributed by atoms with van der Waals surface area (Å²) in [5.74, 6) is -0.386. The second kappa shape index (κ2) is 9.24. The van der Waals surface area contributed by atoms with Crippen molar-refractivity contribution in [2.24, 2.45) is 0 Å². The van der Waals surface area contributed by atoms with Gasteiger partial charge in [0.05, 0.1) is 24.0 Å². The Kier molecular flexibility index (Phi) is 6.26. The zero-order valence-corrected chi connectivity index (χ0v) is 16.8. The van der Waals surface area contributed by atoms with Gasteiger partial charge < -0.3 is 14.0 Å². The van der Waals surface area contributed by atoms with Crippen LogP contribution >= 0.6 is 11.6 Å². The minimum atomic E-state index is -0.488. The van der Waals surface area contributed by atoms with Crippen LogP contribution in [0, 0.1) is 11.6 Å². The van der Waals surface area contributed by atoms with Gasteiger partial charge in [0.1, 0.15) is 30.7 Å². The molecule has 0 atom stereocenters. The van der Waals surface area contributed by atoms with E-state index in [0.29, 0.717) is 24.1 Å². The Balaban J connectivity index is 1.25. The summed E-state index contributed by atoms with van der Waals surface area (Å²) < 4.78 is 40.1. The standard InChI is InChI=1S/C23H19ClF2N2O2/c24-18-3-8-23-22(12-18)27-14-28(23)15-29-10-9-16-1-5-20(6-2-16)30-13-17-11-19(25)4-7-21(17)26/h1-8,11-12,14H,9-10,13,15H2. The highest BCUT2D eigenvalue weighted by atomic mass is 35.5. The normalized spacial score (nSPS) is 11.2. The van der Waals surface area contributed by atoms with Gasteiger partial charge in [-0.1, -0.05) is 23.7 Å². The predicted octanol–water partition coefficient (Wildman–Crippen LogP) is 5.76. The summed E-state index contributed by atoms with van der Waals surface area (Å²) in [6.45, 7) is 0.913. The lowest BCUT2D eigenvalue weighted by Crippen LogP contribution is -2.04. The fourth-order valence-corrected chi connectivity index (χ4v) is 3.23. The SMILES string of the molecule is Fc1ccc(F)c(COc2ccc(CCOCn3cnc4cc(Cl)ccc43)cc2)c1. The van der Waals surface area contributed by atoms with Gasteiger partial charge in [-0.25, -0.2) is 13.8 Å². The van der Waals surface area contributed by atoms with Gasteiger partial charge in [0.15, 0.2) is 0 Å². The van der Waals surface area contributed by atoms with E-state index in [1.54, 1.807) is 18.5 Å². The van der Waals surface area contributed by atoms with Gasteiger partial charge in [0, 0.05) is 10.6 Å². The number of hydrogen-bond donors (Lipinski definition) is 0. The molecule has 0 saturated heterocycles. The smallest absolute Gasteiger partial charge is 0.130 e. The maximum Gasteiger partial charge on any atom is 0.130 e. The van der Waals surface area contributed by atoms with Crippen molar-refractivity contribution >= 4 is 22.6 Å². The molecule has 3 aromatic carbocycles. The molecule has 0 fully saturated rings. The van der Waals surface area contributed by atoms with Gasteiger partial charge >= 0.3 is 0 Å². The van der Waals surface area contributed by atoms with E-state index in [1.807, 2.05) is 34.9 Å². The Morgan fingerprint density at radius 2 is 1.80 bits per heavy atom. The Labute approximate surface area is 177 Å². The van der Waals surface area contributed by atoms with Crippen molar-refractivity contribution in [1.29, 1.82) is 0 Å². The highest BCUT2D eigenvalue weighted by Crippen LogP contribution is 2.19. The van der Waals surface area contributed by atoms with Crippen LogP contribution in [0.3, 0.4) is 0 Å². The number of imidazole rings is 1. The third-order valence-electron chi connectivity index (χ3n) is 4.67. The topological polar surface area (TPSA) is 36.3 Å². The van der Waals surface area contributed by atoms with Crippen LogP contribution in [0.1, 0.15) is 11.1 Å². The van der Waals surface area contributed by atoms with Crippen molar-refractivity contribution < 1.29 is 18.3 Å². The summed E-state index contributed by atoms with van der Waals surface area (Å²) in [4.78, 5) is 4.32. The van der Waals surface area contributed by atoms with Crippen LogP contribution in [0.15, 0.2) is 67.0 Å². The first kappa shape index (κ1) is 20.3. The molecule has 0 aliphatic rings. The third-order valence-corrected chi connectivity index (χ3v) is 4.91. The first-order valence-electron chi connectivity index (χ1n) is 9.42. The molecule has 154 valence electrons. The lowest BCUT2D eigenvalue weighted by Gasteiger charge is -2.09. The van der Waals surface area contributed by atoms with Crippen molar-refractivity contribution in [3.63, 3.8) is 0 Å². The number of benzene rings is 3. The lowest BCUT2D eigenvalue weighted by atomic mass is 10.1. The number of ether oxygens (including phenoxy) is 2. The minimum Gasteiger partial charge on any atom is -0.489 e. The Hall–Kier alpha value is -2.96. The van der Waals surface area contributed by atoms with Crippen LogP contribution in [0.4, 0.5) is 8.78 Å². The Morgan fingerprint density at radius 3 is 2.63 bits per heavy atom. The van der Waals surface area contributed by atoms with Crippen molar-refractivity contribution in [2.75, 3.05) is 6.61 Å². The largest absolute Gasteiger partial charge is 0.489 e. The molecule has 4 nitrogen and oxygen atoms in total. The van der Waals surface area contributed by atoms with E-state index in [4.69, 9.17) is 21.1 Å². The average molecular weight is 429 g/mol. The van der Waals surface area contributed by atoms with Crippen molar-refractivity contribution in [1.82, 2.24) is 9.55 Å². The molecule has 0 aliphatic heterocycles. The fraction of sp³-hybridized carbons (Fsp3) is 0.174. The van der Waals surface area contributed by atoms with Crippen molar-refractivity contribution in [3.8, 4) is 5.75 Å². The average Bonchev–Trinajstić information content (AvgIpc) is 3.14. The van der Waals surface area contributed by atoms with E-state index in [1.165, 1.54) is 0 Å². The zero-order chi connectivity index (χ0) is 20.9. The molecule has 0 bridgehead atoms. The molecule has 4 aromatic rings.